The summed E-state index contributed by atoms with van der Waals surface area (Å²) in [5.41, 5.74) is 1.22. The predicted octanol–water partition coefficient (Wildman–Crippen LogP) is 4.44. The van der Waals surface area contributed by atoms with Crippen molar-refractivity contribution in [2.45, 2.75) is 25.6 Å². The van der Waals surface area contributed by atoms with E-state index in [1.54, 1.807) is 11.3 Å². The molecular formula is C19H22F3N3OS. The van der Waals surface area contributed by atoms with Gasteiger partial charge in [0, 0.05) is 19.6 Å². The topological polar surface area (TPSA) is 35.6 Å². The number of rotatable bonds is 6. The number of thiophene rings is 1. The van der Waals surface area contributed by atoms with Crippen LogP contribution in [0.2, 0.25) is 0 Å². The third-order valence-electron chi connectivity index (χ3n) is 4.49. The quantitative estimate of drug-likeness (QED) is 0.783. The summed E-state index contributed by atoms with van der Waals surface area (Å²) in [6, 6.07) is 5.55. The molecule has 1 N–H and O–H groups in total. The van der Waals surface area contributed by atoms with Gasteiger partial charge >= 0.3 is 6.18 Å². The van der Waals surface area contributed by atoms with Crippen LogP contribution < -0.4 is 10.2 Å². The molecular weight excluding hydrogens is 375 g/mol. The number of hydrogen-bond acceptors (Lipinski definition) is 4. The number of carbonyl (C=O) groups excluding carboxylic acids is 1. The second-order valence-corrected chi connectivity index (χ2v) is 7.56. The number of halogens is 3. The minimum Gasteiger partial charge on any atom is -0.370 e. The summed E-state index contributed by atoms with van der Waals surface area (Å²) >= 11 is 1.58. The van der Waals surface area contributed by atoms with Gasteiger partial charge in [0.1, 0.15) is 0 Å². The van der Waals surface area contributed by atoms with E-state index in [1.165, 1.54) is 6.07 Å². The lowest BCUT2D eigenvalue weighted by atomic mass is 10.1. The molecule has 0 radical (unpaired) electrons. The maximum atomic E-state index is 13.1. The zero-order valence-electron chi connectivity index (χ0n) is 15.1. The second-order valence-electron chi connectivity index (χ2n) is 6.78. The van der Waals surface area contributed by atoms with E-state index in [-0.39, 0.29) is 18.1 Å². The van der Waals surface area contributed by atoms with Gasteiger partial charge in [0.25, 0.3) is 0 Å². The van der Waals surface area contributed by atoms with Crippen molar-refractivity contribution in [1.82, 2.24) is 4.90 Å². The Kier molecular flexibility index (Phi) is 6.06. The summed E-state index contributed by atoms with van der Waals surface area (Å²) in [6.45, 7) is 2.28. The molecule has 0 spiro atoms. The van der Waals surface area contributed by atoms with Crippen molar-refractivity contribution in [3.63, 3.8) is 0 Å². The first-order valence-corrected chi connectivity index (χ1v) is 9.73. The largest absolute Gasteiger partial charge is 0.416 e. The van der Waals surface area contributed by atoms with Gasteiger partial charge in [-0.15, -0.1) is 0 Å². The first kappa shape index (κ1) is 19.7. The van der Waals surface area contributed by atoms with Gasteiger partial charge in [0.05, 0.1) is 23.5 Å². The van der Waals surface area contributed by atoms with Crippen LogP contribution in [0.4, 0.5) is 24.5 Å². The fraction of sp³-hybridized carbons (Fsp3) is 0.421. The van der Waals surface area contributed by atoms with Gasteiger partial charge in [0.15, 0.2) is 0 Å². The summed E-state index contributed by atoms with van der Waals surface area (Å²) in [4.78, 5) is 16.3. The zero-order chi connectivity index (χ0) is 19.4. The molecule has 4 nitrogen and oxygen atoms in total. The van der Waals surface area contributed by atoms with Crippen LogP contribution in [-0.2, 0) is 17.5 Å². The molecule has 1 aromatic carbocycles. The third-order valence-corrected chi connectivity index (χ3v) is 5.22. The van der Waals surface area contributed by atoms with Crippen LogP contribution in [0.1, 0.15) is 24.0 Å². The number of carbonyl (C=O) groups is 1. The number of nitrogens with one attached hydrogen (secondary N) is 1. The van der Waals surface area contributed by atoms with Gasteiger partial charge < -0.3 is 10.2 Å². The molecule has 0 unspecified atom stereocenters. The molecule has 27 heavy (non-hydrogen) atoms. The smallest absolute Gasteiger partial charge is 0.370 e. The molecule has 0 aliphatic carbocycles. The van der Waals surface area contributed by atoms with E-state index in [2.05, 4.69) is 5.32 Å². The molecule has 3 rings (SSSR count). The normalized spacial score (nSPS) is 14.8. The molecule has 2 aromatic rings. The highest BCUT2D eigenvalue weighted by molar-refractivity contribution is 7.07. The Morgan fingerprint density at radius 2 is 2.00 bits per heavy atom. The molecule has 0 bridgehead atoms. The predicted molar refractivity (Wildman–Crippen MR) is 102 cm³/mol. The highest BCUT2D eigenvalue weighted by Crippen LogP contribution is 2.36. The Morgan fingerprint density at radius 3 is 2.63 bits per heavy atom. The summed E-state index contributed by atoms with van der Waals surface area (Å²) in [7, 11) is 1.81. The number of nitrogens with zero attached hydrogens (tertiary/aromatic N) is 2. The molecule has 1 aromatic heterocycles. The van der Waals surface area contributed by atoms with E-state index in [4.69, 9.17) is 0 Å². The Balaban J connectivity index is 1.73. The van der Waals surface area contributed by atoms with Gasteiger partial charge in [-0.3, -0.25) is 9.69 Å². The lowest BCUT2D eigenvalue weighted by molar-refractivity contribution is -0.137. The van der Waals surface area contributed by atoms with Crippen molar-refractivity contribution in [3.05, 3.63) is 46.2 Å². The van der Waals surface area contributed by atoms with Gasteiger partial charge in [-0.2, -0.15) is 24.5 Å². The number of amides is 1. The average Bonchev–Trinajstić information content (AvgIpc) is 3.27. The molecule has 1 fully saturated rings. The summed E-state index contributed by atoms with van der Waals surface area (Å²) in [5, 5.41) is 6.66. The maximum absolute atomic E-state index is 13.1. The van der Waals surface area contributed by atoms with Crippen LogP contribution >= 0.6 is 11.3 Å². The highest BCUT2D eigenvalue weighted by atomic mass is 32.1. The molecule has 2 heterocycles. The maximum Gasteiger partial charge on any atom is 0.416 e. The van der Waals surface area contributed by atoms with Crippen LogP contribution in [0.25, 0.3) is 0 Å². The van der Waals surface area contributed by atoms with Crippen molar-refractivity contribution >= 4 is 28.6 Å². The summed E-state index contributed by atoms with van der Waals surface area (Å²) in [6.07, 6.45) is -2.45. The van der Waals surface area contributed by atoms with Gasteiger partial charge in [-0.05, 0) is 60.5 Å². The first-order valence-electron chi connectivity index (χ1n) is 8.78. The van der Waals surface area contributed by atoms with E-state index in [0.29, 0.717) is 12.2 Å². The fourth-order valence-electron chi connectivity index (χ4n) is 3.23. The number of anilines is 2. The van der Waals surface area contributed by atoms with Crippen LogP contribution in [0.15, 0.2) is 35.0 Å². The van der Waals surface area contributed by atoms with Crippen molar-refractivity contribution < 1.29 is 18.0 Å². The Hall–Kier alpha value is -2.06. The first-order chi connectivity index (χ1) is 12.8. The molecule has 0 saturated carbocycles. The van der Waals surface area contributed by atoms with E-state index < -0.39 is 11.7 Å². The molecule has 1 aliphatic heterocycles. The van der Waals surface area contributed by atoms with E-state index in [0.717, 1.165) is 43.6 Å². The standard InChI is InChI=1S/C19H22F3N3OS/c1-24(11-14-6-9-27-13-14)12-18(26)23-16-10-15(19(20,21)22)4-5-17(16)25-7-2-3-8-25/h4-6,9-10,13H,2-3,7-8,11-12H2,1H3,(H,23,26). The Labute approximate surface area is 160 Å². The number of benzene rings is 1. The van der Waals surface area contributed by atoms with Crippen LogP contribution in [0.5, 0.6) is 0 Å². The minimum atomic E-state index is -4.45. The SMILES string of the molecule is CN(CC(=O)Nc1cc(C(F)(F)F)ccc1N1CCCC1)Cc1ccsc1. The molecule has 0 atom stereocenters. The molecule has 1 saturated heterocycles. The highest BCUT2D eigenvalue weighted by Gasteiger charge is 2.32. The van der Waals surface area contributed by atoms with Crippen LogP contribution in [0, 0.1) is 0 Å². The fourth-order valence-corrected chi connectivity index (χ4v) is 3.89. The van der Waals surface area contributed by atoms with Crippen LogP contribution in [0.3, 0.4) is 0 Å². The second kappa shape index (κ2) is 8.31. The Morgan fingerprint density at radius 1 is 1.26 bits per heavy atom. The minimum absolute atomic E-state index is 0.103. The van der Waals surface area contributed by atoms with Gasteiger partial charge in [-0.25, -0.2) is 0 Å². The zero-order valence-corrected chi connectivity index (χ0v) is 15.9. The van der Waals surface area contributed by atoms with Crippen LogP contribution in [-0.4, -0.2) is 37.5 Å². The van der Waals surface area contributed by atoms with Crippen molar-refractivity contribution in [2.24, 2.45) is 0 Å². The molecule has 1 aliphatic rings. The van der Waals surface area contributed by atoms with E-state index >= 15 is 0 Å². The number of likely N-dealkylation sites (N-methyl/N-ethyl adjacent to an activating group) is 1. The third kappa shape index (κ3) is 5.23. The van der Waals surface area contributed by atoms with Gasteiger partial charge in [-0.1, -0.05) is 0 Å². The molecule has 1 amide bonds. The lowest BCUT2D eigenvalue weighted by Crippen LogP contribution is -2.30. The van der Waals surface area contributed by atoms with Gasteiger partial charge in [0.2, 0.25) is 5.91 Å². The lowest BCUT2D eigenvalue weighted by Gasteiger charge is -2.23. The molecule has 8 heteroatoms. The summed E-state index contributed by atoms with van der Waals surface area (Å²) < 4.78 is 39.3. The number of alkyl halides is 3. The van der Waals surface area contributed by atoms with E-state index in [1.807, 2.05) is 33.7 Å². The summed E-state index contributed by atoms with van der Waals surface area (Å²) in [5.74, 6) is -0.326. The van der Waals surface area contributed by atoms with E-state index in [9.17, 15) is 18.0 Å². The van der Waals surface area contributed by atoms with Crippen molar-refractivity contribution in [2.75, 3.05) is 36.9 Å². The average molecular weight is 397 g/mol. The van der Waals surface area contributed by atoms with Crippen molar-refractivity contribution in [3.8, 4) is 0 Å². The number of hydrogen-bond donors (Lipinski definition) is 1. The van der Waals surface area contributed by atoms with Crippen molar-refractivity contribution in [1.29, 1.82) is 0 Å². The molecule has 146 valence electrons. The monoisotopic (exact) mass is 397 g/mol. The Bertz CT molecular complexity index is 771.